The summed E-state index contributed by atoms with van der Waals surface area (Å²) in [6.07, 6.45) is -7.08. The first-order chi connectivity index (χ1) is 7.52. The minimum atomic E-state index is -1.57. The highest BCUT2D eigenvalue weighted by Gasteiger charge is 2.47. The van der Waals surface area contributed by atoms with Gasteiger partial charge in [-0.1, -0.05) is 0 Å². The monoisotopic (exact) mass is 236 g/mol. The number of rotatable bonds is 3. The van der Waals surface area contributed by atoms with Crippen molar-refractivity contribution >= 4 is 5.97 Å². The molecule has 1 saturated heterocycles. The van der Waals surface area contributed by atoms with Gasteiger partial charge in [0.05, 0.1) is 13.2 Å². The number of aliphatic hydroxyl groups is 4. The highest BCUT2D eigenvalue weighted by Crippen LogP contribution is 2.21. The Hall–Kier alpha value is -0.730. The second-order valence-corrected chi connectivity index (χ2v) is 3.50. The molecular formula is C9H16O7. The zero-order valence-electron chi connectivity index (χ0n) is 8.81. The highest BCUT2D eigenvalue weighted by atomic mass is 16.6. The Morgan fingerprint density at radius 1 is 1.25 bits per heavy atom. The Morgan fingerprint density at radius 2 is 1.88 bits per heavy atom. The van der Waals surface area contributed by atoms with Gasteiger partial charge in [-0.3, -0.25) is 0 Å². The van der Waals surface area contributed by atoms with Crippen LogP contribution in [0.25, 0.3) is 0 Å². The molecule has 0 aliphatic carbocycles. The van der Waals surface area contributed by atoms with Crippen molar-refractivity contribution in [2.45, 2.75) is 37.4 Å². The number of hydrogen-bond donors (Lipinski definition) is 4. The number of esters is 1. The molecule has 0 aromatic carbocycles. The van der Waals surface area contributed by atoms with E-state index < -0.39 is 43.1 Å². The fraction of sp³-hybridized carbons (Fsp3) is 0.889. The molecule has 1 unspecified atom stereocenters. The van der Waals surface area contributed by atoms with Gasteiger partial charge in [0.1, 0.15) is 24.4 Å². The van der Waals surface area contributed by atoms with Gasteiger partial charge in [0.15, 0.2) is 6.10 Å². The fourth-order valence-corrected chi connectivity index (χ4v) is 1.52. The van der Waals surface area contributed by atoms with Gasteiger partial charge in [-0.25, -0.2) is 4.79 Å². The summed E-state index contributed by atoms with van der Waals surface area (Å²) in [6, 6.07) is 0. The van der Waals surface area contributed by atoms with Crippen LogP contribution < -0.4 is 0 Å². The predicted octanol–water partition coefficient (Wildman–Crippen LogP) is -2.61. The van der Waals surface area contributed by atoms with Gasteiger partial charge < -0.3 is 29.9 Å². The smallest absolute Gasteiger partial charge is 0.338 e. The minimum absolute atomic E-state index is 0.105. The van der Waals surface area contributed by atoms with Crippen LogP contribution in [0.15, 0.2) is 0 Å². The average Bonchev–Trinajstić information content (AvgIpc) is 2.27. The summed E-state index contributed by atoms with van der Waals surface area (Å²) in [7, 11) is 0. The van der Waals surface area contributed by atoms with E-state index in [1.165, 1.54) is 0 Å². The Kier molecular flexibility index (Phi) is 4.63. The molecule has 7 heteroatoms. The fourth-order valence-electron chi connectivity index (χ4n) is 1.52. The first-order valence-electron chi connectivity index (χ1n) is 5.00. The Labute approximate surface area is 92.2 Å². The summed E-state index contributed by atoms with van der Waals surface area (Å²) in [4.78, 5) is 11.3. The van der Waals surface area contributed by atoms with Crippen molar-refractivity contribution in [3.8, 4) is 0 Å². The van der Waals surface area contributed by atoms with Crippen LogP contribution in [-0.2, 0) is 14.3 Å². The van der Waals surface area contributed by atoms with Gasteiger partial charge in [0.25, 0.3) is 0 Å². The molecule has 1 rings (SSSR count). The highest BCUT2D eigenvalue weighted by molar-refractivity contribution is 5.75. The molecule has 0 aromatic rings. The second-order valence-electron chi connectivity index (χ2n) is 3.50. The molecule has 16 heavy (non-hydrogen) atoms. The lowest BCUT2D eigenvalue weighted by Gasteiger charge is -2.38. The van der Waals surface area contributed by atoms with Gasteiger partial charge >= 0.3 is 5.97 Å². The number of carbonyl (C=O) groups excluding carboxylic acids is 1. The molecule has 1 aliphatic heterocycles. The molecule has 0 spiro atoms. The predicted molar refractivity (Wildman–Crippen MR) is 50.4 cm³/mol. The van der Waals surface area contributed by atoms with Crippen molar-refractivity contribution in [1.29, 1.82) is 0 Å². The summed E-state index contributed by atoms with van der Waals surface area (Å²) < 4.78 is 9.59. The topological polar surface area (TPSA) is 116 Å². The average molecular weight is 236 g/mol. The molecule has 0 bridgehead atoms. The summed E-state index contributed by atoms with van der Waals surface area (Å²) in [5.41, 5.74) is 0. The van der Waals surface area contributed by atoms with E-state index in [9.17, 15) is 20.1 Å². The van der Waals surface area contributed by atoms with Gasteiger partial charge in [-0.15, -0.1) is 0 Å². The van der Waals surface area contributed by atoms with Crippen LogP contribution in [0, 0.1) is 0 Å². The van der Waals surface area contributed by atoms with Crippen molar-refractivity contribution in [3.63, 3.8) is 0 Å². The van der Waals surface area contributed by atoms with E-state index in [2.05, 4.69) is 4.74 Å². The van der Waals surface area contributed by atoms with E-state index in [1.807, 2.05) is 0 Å². The third-order valence-corrected chi connectivity index (χ3v) is 2.41. The van der Waals surface area contributed by atoms with E-state index in [0.717, 1.165) is 0 Å². The summed E-state index contributed by atoms with van der Waals surface area (Å²) in [5.74, 6) is -0.834. The molecule has 5 atom stereocenters. The molecule has 0 radical (unpaired) electrons. The molecule has 1 aliphatic rings. The molecule has 0 amide bonds. The van der Waals surface area contributed by atoms with E-state index in [-0.39, 0.29) is 6.61 Å². The maximum Gasteiger partial charge on any atom is 0.338 e. The van der Waals surface area contributed by atoms with E-state index in [1.54, 1.807) is 6.92 Å². The Balaban J connectivity index is 2.74. The molecular weight excluding hydrogens is 220 g/mol. The van der Waals surface area contributed by atoms with Crippen molar-refractivity contribution in [1.82, 2.24) is 0 Å². The van der Waals surface area contributed by atoms with Crippen LogP contribution in [0.1, 0.15) is 6.92 Å². The van der Waals surface area contributed by atoms with Crippen LogP contribution >= 0.6 is 0 Å². The second kappa shape index (κ2) is 5.55. The number of hydrogen-bond acceptors (Lipinski definition) is 7. The standard InChI is InChI=1S/C9H16O7/c1-2-15-9(14)8-7(13)6(12)5(11)4(3-10)16-8/h4-8,10-13H,2-3H2,1H3/t4?,5-,6+,7-,8-/m1/s1. The summed E-state index contributed by atoms with van der Waals surface area (Å²) >= 11 is 0. The SMILES string of the molecule is CCOC(=O)[C@@H]1OC(CO)[C@@H](O)[C@H](O)[C@H]1O. The van der Waals surface area contributed by atoms with Crippen LogP contribution in [0.5, 0.6) is 0 Å². The third-order valence-electron chi connectivity index (χ3n) is 2.41. The van der Waals surface area contributed by atoms with Gasteiger partial charge in [-0.2, -0.15) is 0 Å². The van der Waals surface area contributed by atoms with Crippen LogP contribution in [0.4, 0.5) is 0 Å². The largest absolute Gasteiger partial charge is 0.464 e. The van der Waals surface area contributed by atoms with Crippen LogP contribution in [0.2, 0.25) is 0 Å². The third kappa shape index (κ3) is 2.50. The Morgan fingerprint density at radius 3 is 2.38 bits per heavy atom. The van der Waals surface area contributed by atoms with E-state index in [0.29, 0.717) is 0 Å². The van der Waals surface area contributed by atoms with Gasteiger partial charge in [0, 0.05) is 0 Å². The molecule has 94 valence electrons. The van der Waals surface area contributed by atoms with Crippen LogP contribution in [-0.4, -0.2) is 70.1 Å². The quantitative estimate of drug-likeness (QED) is 0.397. The zero-order valence-corrected chi connectivity index (χ0v) is 8.81. The summed E-state index contributed by atoms with van der Waals surface area (Å²) in [5, 5.41) is 37.2. The molecule has 0 saturated carbocycles. The lowest BCUT2D eigenvalue weighted by molar-refractivity contribution is -0.235. The van der Waals surface area contributed by atoms with Crippen molar-refractivity contribution in [2.24, 2.45) is 0 Å². The lowest BCUT2D eigenvalue weighted by atomic mass is 9.95. The number of ether oxygens (including phenoxy) is 2. The van der Waals surface area contributed by atoms with E-state index >= 15 is 0 Å². The first-order valence-corrected chi connectivity index (χ1v) is 5.00. The van der Waals surface area contributed by atoms with Crippen molar-refractivity contribution in [2.75, 3.05) is 13.2 Å². The zero-order chi connectivity index (χ0) is 12.3. The first kappa shape index (κ1) is 13.3. The summed E-state index contributed by atoms with van der Waals surface area (Å²) in [6.45, 7) is 1.12. The number of carbonyl (C=O) groups is 1. The van der Waals surface area contributed by atoms with Crippen molar-refractivity contribution < 1.29 is 34.7 Å². The van der Waals surface area contributed by atoms with Gasteiger partial charge in [-0.05, 0) is 6.92 Å². The van der Waals surface area contributed by atoms with E-state index in [4.69, 9.17) is 9.84 Å². The Bertz CT molecular complexity index is 242. The lowest BCUT2D eigenvalue weighted by Crippen LogP contribution is -2.60. The number of aliphatic hydroxyl groups excluding tert-OH is 4. The molecule has 1 fully saturated rings. The minimum Gasteiger partial charge on any atom is -0.464 e. The molecule has 1 heterocycles. The van der Waals surface area contributed by atoms with Crippen LogP contribution in [0.3, 0.4) is 0 Å². The van der Waals surface area contributed by atoms with Gasteiger partial charge in [0.2, 0.25) is 0 Å². The molecule has 7 nitrogen and oxygen atoms in total. The molecule has 0 aromatic heterocycles. The maximum atomic E-state index is 11.3. The maximum absolute atomic E-state index is 11.3. The molecule has 4 N–H and O–H groups in total. The normalized spacial score (nSPS) is 39.4. The van der Waals surface area contributed by atoms with Crippen molar-refractivity contribution in [3.05, 3.63) is 0 Å².